The van der Waals surface area contributed by atoms with Gasteiger partial charge in [0.1, 0.15) is 6.10 Å². The van der Waals surface area contributed by atoms with Crippen LogP contribution in [-0.4, -0.2) is 26.6 Å². The second kappa shape index (κ2) is 10.3. The van der Waals surface area contributed by atoms with E-state index in [0.717, 1.165) is 31.9 Å². The third-order valence-electron chi connectivity index (χ3n) is 4.04. The SMILES string of the molecule is CS(=O)(=O)OC1CCCCCCCCCCCCCC1=O. The Labute approximate surface area is 129 Å². The number of rotatable bonds is 2. The van der Waals surface area contributed by atoms with E-state index in [4.69, 9.17) is 4.18 Å². The van der Waals surface area contributed by atoms with Crippen LogP contribution in [-0.2, 0) is 19.1 Å². The Morgan fingerprint density at radius 1 is 0.810 bits per heavy atom. The van der Waals surface area contributed by atoms with E-state index in [-0.39, 0.29) is 5.78 Å². The Morgan fingerprint density at radius 3 is 1.71 bits per heavy atom. The monoisotopic (exact) mass is 318 g/mol. The molecule has 1 aliphatic carbocycles. The largest absolute Gasteiger partial charge is 0.297 e. The van der Waals surface area contributed by atoms with Crippen LogP contribution in [0.2, 0.25) is 0 Å². The first-order chi connectivity index (χ1) is 9.99. The zero-order valence-corrected chi connectivity index (χ0v) is 14.1. The van der Waals surface area contributed by atoms with Gasteiger partial charge in [-0.05, 0) is 12.8 Å². The molecule has 1 saturated carbocycles. The molecule has 0 aromatic heterocycles. The fourth-order valence-electron chi connectivity index (χ4n) is 2.85. The molecule has 1 atom stereocenters. The molecule has 21 heavy (non-hydrogen) atoms. The van der Waals surface area contributed by atoms with Crippen molar-refractivity contribution in [3.05, 3.63) is 0 Å². The highest BCUT2D eigenvalue weighted by molar-refractivity contribution is 7.86. The molecule has 0 radical (unpaired) electrons. The topological polar surface area (TPSA) is 60.4 Å². The summed E-state index contributed by atoms with van der Waals surface area (Å²) in [4.78, 5) is 12.1. The summed E-state index contributed by atoms with van der Waals surface area (Å²) in [6, 6.07) is 0. The number of carbonyl (C=O) groups excluding carboxylic acids is 1. The van der Waals surface area contributed by atoms with Crippen LogP contribution in [0, 0.1) is 0 Å². The Kier molecular flexibility index (Phi) is 9.16. The molecule has 1 aliphatic rings. The second-order valence-electron chi connectivity index (χ2n) is 6.18. The lowest BCUT2D eigenvalue weighted by molar-refractivity contribution is -0.126. The second-order valence-corrected chi connectivity index (χ2v) is 7.78. The lowest BCUT2D eigenvalue weighted by atomic mass is 10.0. The van der Waals surface area contributed by atoms with Crippen LogP contribution >= 0.6 is 0 Å². The van der Waals surface area contributed by atoms with Gasteiger partial charge in [0, 0.05) is 6.42 Å². The maximum Gasteiger partial charge on any atom is 0.265 e. The molecule has 4 nitrogen and oxygen atoms in total. The van der Waals surface area contributed by atoms with E-state index in [1.54, 1.807) is 0 Å². The summed E-state index contributed by atoms with van der Waals surface area (Å²) in [6.45, 7) is 0. The quantitative estimate of drug-likeness (QED) is 0.722. The van der Waals surface area contributed by atoms with Crippen LogP contribution < -0.4 is 0 Å². The van der Waals surface area contributed by atoms with Crippen molar-refractivity contribution in [2.24, 2.45) is 0 Å². The molecule has 5 heteroatoms. The number of hydrogen-bond donors (Lipinski definition) is 0. The molecule has 0 spiro atoms. The van der Waals surface area contributed by atoms with E-state index < -0.39 is 16.2 Å². The van der Waals surface area contributed by atoms with Gasteiger partial charge in [0.25, 0.3) is 10.1 Å². The smallest absolute Gasteiger partial charge is 0.265 e. The lowest BCUT2D eigenvalue weighted by Crippen LogP contribution is -2.27. The molecular weight excluding hydrogens is 288 g/mol. The fourth-order valence-corrected chi connectivity index (χ4v) is 3.48. The van der Waals surface area contributed by atoms with E-state index in [2.05, 4.69) is 0 Å². The van der Waals surface area contributed by atoms with Crippen LogP contribution in [0.3, 0.4) is 0 Å². The molecule has 1 unspecified atom stereocenters. The van der Waals surface area contributed by atoms with Gasteiger partial charge in [-0.25, -0.2) is 0 Å². The minimum atomic E-state index is -3.56. The molecular formula is C16H30O4S. The minimum absolute atomic E-state index is 0.0460. The van der Waals surface area contributed by atoms with Gasteiger partial charge in [-0.3, -0.25) is 8.98 Å². The van der Waals surface area contributed by atoms with Crippen LogP contribution in [0.1, 0.15) is 83.5 Å². The first-order valence-corrected chi connectivity index (χ1v) is 10.2. The third-order valence-corrected chi connectivity index (χ3v) is 4.62. The van der Waals surface area contributed by atoms with Gasteiger partial charge in [0.05, 0.1) is 6.26 Å². The van der Waals surface area contributed by atoms with Gasteiger partial charge in [-0.15, -0.1) is 0 Å². The zero-order chi connectivity index (χ0) is 15.6. The normalized spacial score (nSPS) is 25.0. The first-order valence-electron chi connectivity index (χ1n) is 8.40. The average molecular weight is 318 g/mol. The molecule has 0 aliphatic heterocycles. The van der Waals surface area contributed by atoms with Crippen molar-refractivity contribution in [3.63, 3.8) is 0 Å². The molecule has 0 saturated heterocycles. The summed E-state index contributed by atoms with van der Waals surface area (Å²) in [5.74, 6) is -0.0460. The van der Waals surface area contributed by atoms with Crippen molar-refractivity contribution in [1.82, 2.24) is 0 Å². The first kappa shape index (κ1) is 18.6. The summed E-state index contributed by atoms with van der Waals surface area (Å²) in [5, 5.41) is 0. The summed E-state index contributed by atoms with van der Waals surface area (Å²) >= 11 is 0. The summed E-state index contributed by atoms with van der Waals surface area (Å²) in [5.41, 5.74) is 0. The van der Waals surface area contributed by atoms with Crippen molar-refractivity contribution >= 4 is 15.9 Å². The fraction of sp³-hybridized carbons (Fsp3) is 0.938. The Balaban J connectivity index is 2.51. The van der Waals surface area contributed by atoms with Crippen LogP contribution in [0.15, 0.2) is 0 Å². The highest BCUT2D eigenvalue weighted by Crippen LogP contribution is 2.17. The van der Waals surface area contributed by atoms with E-state index in [1.165, 1.54) is 44.9 Å². The maximum atomic E-state index is 12.1. The maximum absolute atomic E-state index is 12.1. The molecule has 1 rings (SSSR count). The van der Waals surface area contributed by atoms with Crippen molar-refractivity contribution in [1.29, 1.82) is 0 Å². The average Bonchev–Trinajstić information content (AvgIpc) is 2.40. The number of Topliss-reactive ketones (excluding diaryl/α,β-unsaturated/α-hetero) is 1. The zero-order valence-electron chi connectivity index (χ0n) is 13.3. The van der Waals surface area contributed by atoms with Gasteiger partial charge < -0.3 is 0 Å². The van der Waals surface area contributed by atoms with Crippen molar-refractivity contribution in [3.8, 4) is 0 Å². The molecule has 0 bridgehead atoms. The predicted molar refractivity (Wildman–Crippen MR) is 84.7 cm³/mol. The molecule has 0 amide bonds. The van der Waals surface area contributed by atoms with Crippen molar-refractivity contribution < 1.29 is 17.4 Å². The summed E-state index contributed by atoms with van der Waals surface area (Å²) in [6.07, 6.45) is 13.8. The summed E-state index contributed by atoms with van der Waals surface area (Å²) in [7, 11) is -3.56. The van der Waals surface area contributed by atoms with Crippen LogP contribution in [0.5, 0.6) is 0 Å². The molecule has 0 heterocycles. The molecule has 124 valence electrons. The Bertz CT molecular complexity index is 389. The predicted octanol–water partition coefficient (Wildman–Crippen LogP) is 3.99. The molecule has 1 fully saturated rings. The van der Waals surface area contributed by atoms with Gasteiger partial charge in [0.15, 0.2) is 5.78 Å². The van der Waals surface area contributed by atoms with Gasteiger partial charge >= 0.3 is 0 Å². The van der Waals surface area contributed by atoms with Crippen molar-refractivity contribution in [2.75, 3.05) is 6.26 Å². The standard InChI is InChI=1S/C16H30O4S/c1-21(18,19)20-16-14-12-10-8-6-4-2-3-5-7-9-11-13-15(16)17/h16H,2-14H2,1H3. The van der Waals surface area contributed by atoms with E-state index in [1.807, 2.05) is 0 Å². The van der Waals surface area contributed by atoms with E-state index >= 15 is 0 Å². The highest BCUT2D eigenvalue weighted by atomic mass is 32.2. The van der Waals surface area contributed by atoms with Gasteiger partial charge in [-0.1, -0.05) is 64.2 Å². The van der Waals surface area contributed by atoms with Crippen LogP contribution in [0.4, 0.5) is 0 Å². The van der Waals surface area contributed by atoms with Gasteiger partial charge in [-0.2, -0.15) is 8.42 Å². The van der Waals surface area contributed by atoms with E-state index in [0.29, 0.717) is 12.8 Å². The van der Waals surface area contributed by atoms with Gasteiger partial charge in [0.2, 0.25) is 0 Å². The number of hydrogen-bond acceptors (Lipinski definition) is 4. The third kappa shape index (κ3) is 10.0. The summed E-state index contributed by atoms with van der Waals surface area (Å²) < 4.78 is 27.6. The Morgan fingerprint density at radius 2 is 1.24 bits per heavy atom. The minimum Gasteiger partial charge on any atom is -0.297 e. The Hall–Kier alpha value is -0.420. The molecule has 0 aromatic carbocycles. The molecule has 0 aromatic rings. The lowest BCUT2D eigenvalue weighted by Gasteiger charge is -2.15. The van der Waals surface area contributed by atoms with Crippen molar-refractivity contribution in [2.45, 2.75) is 89.6 Å². The highest BCUT2D eigenvalue weighted by Gasteiger charge is 2.22. The number of carbonyl (C=O) groups is 1. The number of ketones is 1. The molecule has 0 N–H and O–H groups in total. The van der Waals surface area contributed by atoms with E-state index in [9.17, 15) is 13.2 Å². The van der Waals surface area contributed by atoms with Crippen LogP contribution in [0.25, 0.3) is 0 Å².